The number of hydrogen-bond donors (Lipinski definition) is 3. The molecule has 1 saturated heterocycles. The van der Waals surface area contributed by atoms with Crippen LogP contribution in [0.15, 0.2) is 41.6 Å². The van der Waals surface area contributed by atoms with Gasteiger partial charge in [-0.1, -0.05) is 18.2 Å². The van der Waals surface area contributed by atoms with Crippen LogP contribution in [0.4, 0.5) is 4.79 Å². The van der Waals surface area contributed by atoms with Crippen molar-refractivity contribution in [3.63, 3.8) is 0 Å². The van der Waals surface area contributed by atoms with Crippen molar-refractivity contribution in [3.8, 4) is 5.75 Å². The number of carbonyl (C=O) groups is 4. The van der Waals surface area contributed by atoms with Gasteiger partial charge in [-0.3, -0.25) is 14.5 Å². The number of β-lactam (4-membered cyclic amide) rings is 1. The van der Waals surface area contributed by atoms with Gasteiger partial charge in [-0.15, -0.1) is 11.8 Å². The minimum atomic E-state index is -1.32. The van der Waals surface area contributed by atoms with Crippen LogP contribution in [0.5, 0.6) is 5.75 Å². The van der Waals surface area contributed by atoms with Crippen molar-refractivity contribution in [2.45, 2.75) is 11.4 Å². The van der Waals surface area contributed by atoms with Gasteiger partial charge in [-0.2, -0.15) is 0 Å². The molecule has 2 aliphatic rings. The summed E-state index contributed by atoms with van der Waals surface area (Å²) in [5.41, 5.74) is 4.92. The van der Waals surface area contributed by atoms with E-state index in [1.54, 1.807) is 24.3 Å². The lowest BCUT2D eigenvalue weighted by Crippen LogP contribution is -2.71. The van der Waals surface area contributed by atoms with Crippen molar-refractivity contribution in [1.82, 2.24) is 10.2 Å². The van der Waals surface area contributed by atoms with E-state index >= 15 is 0 Å². The number of thioether (sulfide) groups is 1. The highest BCUT2D eigenvalue weighted by molar-refractivity contribution is 8.00. The monoisotopic (exact) mass is 407 g/mol. The Labute approximate surface area is 163 Å². The van der Waals surface area contributed by atoms with Crippen LogP contribution < -0.4 is 15.8 Å². The van der Waals surface area contributed by atoms with E-state index in [1.807, 2.05) is 6.07 Å². The first-order chi connectivity index (χ1) is 13.4. The van der Waals surface area contributed by atoms with E-state index in [4.69, 9.17) is 10.5 Å². The number of primary amides is 1. The van der Waals surface area contributed by atoms with Crippen molar-refractivity contribution >= 4 is 35.6 Å². The van der Waals surface area contributed by atoms with Gasteiger partial charge in [0.2, 0.25) is 0 Å². The quantitative estimate of drug-likeness (QED) is 0.531. The highest BCUT2D eigenvalue weighted by atomic mass is 32.2. The number of amides is 3. The number of carbonyl (C=O) groups excluding carboxylic acids is 3. The van der Waals surface area contributed by atoms with E-state index in [1.165, 1.54) is 11.8 Å². The lowest BCUT2D eigenvalue weighted by molar-refractivity contribution is -0.151. The van der Waals surface area contributed by atoms with Gasteiger partial charge in [0, 0.05) is 11.3 Å². The van der Waals surface area contributed by atoms with Crippen LogP contribution in [0.3, 0.4) is 0 Å². The van der Waals surface area contributed by atoms with Gasteiger partial charge in [-0.25, -0.2) is 9.59 Å². The first-order valence-electron chi connectivity index (χ1n) is 8.18. The number of ether oxygens (including phenoxy) is 2. The van der Waals surface area contributed by atoms with Gasteiger partial charge in [-0.05, 0) is 12.1 Å². The average Bonchev–Trinajstić information content (AvgIpc) is 2.68. The Hall–Kier alpha value is -3.21. The Bertz CT molecular complexity index is 842. The maximum Gasteiger partial charge on any atom is 0.404 e. The standard InChI is InChI=1S/C17H17N3O7S/c18-17(25)27-6-9-8-28-15-12(14(22)20(15)13(9)16(23)24)19-11(21)7-26-10-4-2-1-3-5-10/h1-5,12,15H,6-8H2,(H2,18,25)(H,19,21)(H,23,24)/t12?,15-/m0/s1. The van der Waals surface area contributed by atoms with Crippen LogP contribution in [-0.2, 0) is 19.1 Å². The molecule has 0 saturated carbocycles. The highest BCUT2D eigenvalue weighted by Gasteiger charge is 2.54. The van der Waals surface area contributed by atoms with Gasteiger partial charge >= 0.3 is 12.1 Å². The van der Waals surface area contributed by atoms with E-state index in [9.17, 15) is 24.3 Å². The smallest absolute Gasteiger partial charge is 0.404 e. The van der Waals surface area contributed by atoms with Crippen molar-refractivity contribution in [2.75, 3.05) is 19.0 Å². The summed E-state index contributed by atoms with van der Waals surface area (Å²) in [5.74, 6) is -1.64. The zero-order valence-corrected chi connectivity index (χ0v) is 15.3. The molecule has 2 atom stereocenters. The molecule has 2 aliphatic heterocycles. The van der Waals surface area contributed by atoms with Gasteiger partial charge in [0.25, 0.3) is 11.8 Å². The minimum Gasteiger partial charge on any atom is -0.484 e. The normalized spacial score (nSPS) is 20.7. The van der Waals surface area contributed by atoms with E-state index in [-0.39, 0.29) is 30.2 Å². The molecule has 2 heterocycles. The summed E-state index contributed by atoms with van der Waals surface area (Å²) < 4.78 is 9.98. The predicted octanol–water partition coefficient (Wildman–Crippen LogP) is -0.101. The van der Waals surface area contributed by atoms with Crippen LogP contribution in [0.25, 0.3) is 0 Å². The van der Waals surface area contributed by atoms with Crippen molar-refractivity contribution in [1.29, 1.82) is 0 Å². The van der Waals surface area contributed by atoms with E-state index < -0.39 is 35.3 Å². The second kappa shape index (κ2) is 8.21. The summed E-state index contributed by atoms with van der Waals surface area (Å²) >= 11 is 1.26. The van der Waals surface area contributed by atoms with Gasteiger partial charge in [0.1, 0.15) is 29.5 Å². The summed E-state index contributed by atoms with van der Waals surface area (Å²) in [6, 6.07) is 7.87. The van der Waals surface area contributed by atoms with E-state index in [0.29, 0.717) is 5.75 Å². The number of hydrogen-bond acceptors (Lipinski definition) is 7. The topological polar surface area (TPSA) is 148 Å². The third kappa shape index (κ3) is 4.03. The molecule has 0 spiro atoms. The van der Waals surface area contributed by atoms with Crippen LogP contribution in [0, 0.1) is 0 Å². The maximum atomic E-state index is 12.4. The van der Waals surface area contributed by atoms with Crippen LogP contribution in [0.2, 0.25) is 0 Å². The number of benzene rings is 1. The number of aliphatic carboxylic acids is 1. The molecular weight excluding hydrogens is 390 g/mol. The van der Waals surface area contributed by atoms with Crippen molar-refractivity contribution in [2.24, 2.45) is 5.73 Å². The lowest BCUT2D eigenvalue weighted by atomic mass is 10.0. The summed E-state index contributed by atoms with van der Waals surface area (Å²) in [4.78, 5) is 48.0. The molecule has 1 unspecified atom stereocenters. The number of carboxylic acid groups (broad SMARTS) is 1. The SMILES string of the molecule is NC(=O)OCC1=C(C(=O)O)N2C(=O)C(NC(=O)COc3ccccc3)[C@@H]2SC1. The zero-order valence-electron chi connectivity index (χ0n) is 14.5. The number of nitrogens with zero attached hydrogens (tertiary/aromatic N) is 1. The van der Waals surface area contributed by atoms with Gasteiger partial charge in [0.15, 0.2) is 6.61 Å². The fraction of sp³-hybridized carbons (Fsp3) is 0.294. The molecule has 3 amide bonds. The molecule has 4 N–H and O–H groups in total. The molecule has 0 radical (unpaired) electrons. The first-order valence-corrected chi connectivity index (χ1v) is 9.22. The molecule has 3 rings (SSSR count). The second-order valence-corrected chi connectivity index (χ2v) is 7.03. The van der Waals surface area contributed by atoms with Crippen LogP contribution >= 0.6 is 11.8 Å². The number of rotatable bonds is 7. The molecule has 0 aliphatic carbocycles. The first kappa shape index (κ1) is 19.5. The van der Waals surface area contributed by atoms with Crippen molar-refractivity contribution < 1.29 is 33.8 Å². The molecule has 1 aromatic rings. The largest absolute Gasteiger partial charge is 0.484 e. The Kier molecular flexibility index (Phi) is 5.73. The minimum absolute atomic E-state index is 0.218. The van der Waals surface area contributed by atoms with Crippen LogP contribution in [-0.4, -0.2) is 64.3 Å². The van der Waals surface area contributed by atoms with Gasteiger partial charge < -0.3 is 25.6 Å². The fourth-order valence-corrected chi connectivity index (χ4v) is 4.16. The van der Waals surface area contributed by atoms with Crippen LogP contribution in [0.1, 0.15) is 0 Å². The van der Waals surface area contributed by atoms with Crippen molar-refractivity contribution in [3.05, 3.63) is 41.6 Å². The molecular formula is C17H17N3O7S. The Morgan fingerprint density at radius 2 is 2.00 bits per heavy atom. The summed E-state index contributed by atoms with van der Waals surface area (Å²) in [6.07, 6.45) is -1.04. The Morgan fingerprint density at radius 1 is 1.29 bits per heavy atom. The Morgan fingerprint density at radius 3 is 2.64 bits per heavy atom. The zero-order chi connectivity index (χ0) is 20.3. The molecule has 11 heteroatoms. The number of para-hydroxylation sites is 1. The highest BCUT2D eigenvalue weighted by Crippen LogP contribution is 2.40. The number of fused-ring (bicyclic) bond motifs is 1. The maximum absolute atomic E-state index is 12.4. The number of nitrogens with two attached hydrogens (primary N) is 1. The summed E-state index contributed by atoms with van der Waals surface area (Å²) in [5, 5.41) is 11.5. The summed E-state index contributed by atoms with van der Waals surface area (Å²) in [6.45, 7) is -0.590. The molecule has 10 nitrogen and oxygen atoms in total. The Balaban J connectivity index is 1.62. The fourth-order valence-electron chi connectivity index (χ4n) is 2.83. The number of nitrogens with one attached hydrogen (secondary N) is 1. The molecule has 0 aromatic heterocycles. The predicted molar refractivity (Wildman–Crippen MR) is 97.2 cm³/mol. The molecule has 28 heavy (non-hydrogen) atoms. The average molecular weight is 407 g/mol. The lowest BCUT2D eigenvalue weighted by Gasteiger charge is -2.49. The summed E-state index contributed by atoms with van der Waals surface area (Å²) in [7, 11) is 0. The molecule has 1 fully saturated rings. The molecule has 0 bridgehead atoms. The van der Waals surface area contributed by atoms with E-state index in [2.05, 4.69) is 10.1 Å². The molecule has 148 valence electrons. The third-order valence-corrected chi connectivity index (χ3v) is 5.41. The molecule has 1 aromatic carbocycles. The van der Waals surface area contributed by atoms with Gasteiger partial charge in [0.05, 0.1) is 0 Å². The number of carboxylic acids is 1. The second-order valence-electron chi connectivity index (χ2n) is 5.92. The third-order valence-electron chi connectivity index (χ3n) is 4.07. The van der Waals surface area contributed by atoms with E-state index in [0.717, 1.165) is 4.90 Å².